The molecule has 0 spiro atoms. The zero-order chi connectivity index (χ0) is 12.8. The van der Waals surface area contributed by atoms with E-state index in [1.54, 1.807) is 11.8 Å². The average molecular weight is 241 g/mol. The van der Waals surface area contributed by atoms with Gasteiger partial charge in [-0.25, -0.2) is 0 Å². The van der Waals surface area contributed by atoms with Gasteiger partial charge in [-0.15, -0.1) is 0 Å². The highest BCUT2D eigenvalue weighted by Gasteiger charge is 2.35. The Hall–Kier alpha value is -1.06. The molecule has 1 aliphatic rings. The second kappa shape index (κ2) is 6.62. The monoisotopic (exact) mass is 241 g/mol. The molecule has 0 aromatic rings. The van der Waals surface area contributed by atoms with Gasteiger partial charge in [0.05, 0.1) is 6.61 Å². The maximum Gasteiger partial charge on any atom is 0.325 e. The quantitative estimate of drug-likeness (QED) is 0.640. The molecule has 0 N–H and O–H groups in total. The number of carbonyl (C=O) groups is 2. The molecule has 1 aliphatic carbocycles. The summed E-state index contributed by atoms with van der Waals surface area (Å²) in [5.41, 5.74) is 0. The van der Waals surface area contributed by atoms with E-state index in [0.29, 0.717) is 6.61 Å². The van der Waals surface area contributed by atoms with Crippen LogP contribution in [0.4, 0.5) is 0 Å². The first-order chi connectivity index (χ1) is 8.10. The smallest absolute Gasteiger partial charge is 0.325 e. The molecule has 17 heavy (non-hydrogen) atoms. The molecule has 0 saturated heterocycles. The van der Waals surface area contributed by atoms with Gasteiger partial charge < -0.3 is 9.64 Å². The van der Waals surface area contributed by atoms with Crippen molar-refractivity contribution in [2.24, 2.45) is 5.92 Å². The molecule has 1 atom stereocenters. The molecule has 0 bridgehead atoms. The van der Waals surface area contributed by atoms with Gasteiger partial charge in [-0.2, -0.15) is 0 Å². The SMILES string of the molecule is CCCC(C)C(=O)N(CC(=O)OCC)C1CC1. The predicted octanol–water partition coefficient (Wildman–Crippen LogP) is 1.98. The summed E-state index contributed by atoms with van der Waals surface area (Å²) < 4.78 is 4.91. The molecule has 98 valence electrons. The van der Waals surface area contributed by atoms with Crippen molar-refractivity contribution in [3.05, 3.63) is 0 Å². The number of nitrogens with zero attached hydrogens (tertiary/aromatic N) is 1. The van der Waals surface area contributed by atoms with Gasteiger partial charge in [0, 0.05) is 12.0 Å². The fraction of sp³-hybridized carbons (Fsp3) is 0.846. The number of amides is 1. The molecule has 0 aromatic carbocycles. The number of ether oxygens (including phenoxy) is 1. The van der Waals surface area contributed by atoms with Crippen molar-refractivity contribution in [3.8, 4) is 0 Å². The van der Waals surface area contributed by atoms with E-state index in [4.69, 9.17) is 4.74 Å². The second-order valence-electron chi connectivity index (χ2n) is 4.69. The number of rotatable bonds is 7. The summed E-state index contributed by atoms with van der Waals surface area (Å²) in [6.07, 6.45) is 3.91. The van der Waals surface area contributed by atoms with E-state index in [0.717, 1.165) is 25.7 Å². The lowest BCUT2D eigenvalue weighted by Crippen LogP contribution is -2.41. The highest BCUT2D eigenvalue weighted by Crippen LogP contribution is 2.28. The van der Waals surface area contributed by atoms with E-state index in [9.17, 15) is 9.59 Å². The van der Waals surface area contributed by atoms with Gasteiger partial charge in [0.15, 0.2) is 0 Å². The Bertz CT molecular complexity index is 274. The van der Waals surface area contributed by atoms with Gasteiger partial charge in [-0.3, -0.25) is 9.59 Å². The zero-order valence-electron chi connectivity index (χ0n) is 11.1. The van der Waals surface area contributed by atoms with E-state index >= 15 is 0 Å². The molecule has 1 rings (SSSR count). The summed E-state index contributed by atoms with van der Waals surface area (Å²) in [7, 11) is 0. The Morgan fingerprint density at radius 1 is 1.35 bits per heavy atom. The molecule has 1 fully saturated rings. The predicted molar refractivity (Wildman–Crippen MR) is 65.4 cm³/mol. The van der Waals surface area contributed by atoms with Crippen molar-refractivity contribution in [2.45, 2.75) is 52.5 Å². The molecule has 0 radical (unpaired) electrons. The molecule has 1 amide bonds. The van der Waals surface area contributed by atoms with Crippen LogP contribution in [0.25, 0.3) is 0 Å². The van der Waals surface area contributed by atoms with Crippen LogP contribution in [-0.4, -0.2) is 36.0 Å². The van der Waals surface area contributed by atoms with Crippen LogP contribution in [0.5, 0.6) is 0 Å². The van der Waals surface area contributed by atoms with Crippen molar-refractivity contribution >= 4 is 11.9 Å². The Labute approximate surface area is 103 Å². The van der Waals surface area contributed by atoms with E-state index in [1.165, 1.54) is 0 Å². The van der Waals surface area contributed by atoms with Crippen LogP contribution in [0.3, 0.4) is 0 Å². The molecule has 1 saturated carbocycles. The summed E-state index contributed by atoms with van der Waals surface area (Å²) in [5, 5.41) is 0. The van der Waals surface area contributed by atoms with Crippen molar-refractivity contribution in [1.82, 2.24) is 4.90 Å². The Balaban J connectivity index is 2.53. The number of hydrogen-bond acceptors (Lipinski definition) is 3. The number of esters is 1. The summed E-state index contributed by atoms with van der Waals surface area (Å²) in [6.45, 7) is 6.27. The maximum absolute atomic E-state index is 12.2. The topological polar surface area (TPSA) is 46.6 Å². The Morgan fingerprint density at radius 3 is 2.47 bits per heavy atom. The molecule has 0 aromatic heterocycles. The summed E-state index contributed by atoms with van der Waals surface area (Å²) in [6, 6.07) is 0.270. The second-order valence-corrected chi connectivity index (χ2v) is 4.69. The average Bonchev–Trinajstić information content (AvgIpc) is 3.09. The minimum absolute atomic E-state index is 0.00928. The first-order valence-corrected chi connectivity index (χ1v) is 6.56. The van der Waals surface area contributed by atoms with E-state index in [-0.39, 0.29) is 30.4 Å². The van der Waals surface area contributed by atoms with Crippen LogP contribution in [0.1, 0.15) is 46.5 Å². The van der Waals surface area contributed by atoms with Gasteiger partial charge in [0.2, 0.25) is 5.91 Å². The third-order valence-corrected chi connectivity index (χ3v) is 3.02. The highest BCUT2D eigenvalue weighted by molar-refractivity contribution is 5.84. The van der Waals surface area contributed by atoms with Gasteiger partial charge in [0.1, 0.15) is 6.54 Å². The van der Waals surface area contributed by atoms with Crippen LogP contribution in [-0.2, 0) is 14.3 Å². The maximum atomic E-state index is 12.2. The van der Waals surface area contributed by atoms with Gasteiger partial charge >= 0.3 is 5.97 Å². The lowest BCUT2D eigenvalue weighted by atomic mass is 10.0. The van der Waals surface area contributed by atoms with Crippen molar-refractivity contribution in [3.63, 3.8) is 0 Å². The van der Waals surface area contributed by atoms with E-state index < -0.39 is 0 Å². The summed E-state index contributed by atoms with van der Waals surface area (Å²) in [4.78, 5) is 25.3. The number of hydrogen-bond donors (Lipinski definition) is 0. The van der Waals surface area contributed by atoms with Crippen LogP contribution in [0.2, 0.25) is 0 Å². The molecule has 4 nitrogen and oxygen atoms in total. The van der Waals surface area contributed by atoms with Crippen molar-refractivity contribution in [1.29, 1.82) is 0 Å². The fourth-order valence-corrected chi connectivity index (χ4v) is 1.96. The fourth-order valence-electron chi connectivity index (χ4n) is 1.96. The molecule has 1 unspecified atom stereocenters. The minimum atomic E-state index is -0.295. The number of carbonyl (C=O) groups excluding carboxylic acids is 2. The minimum Gasteiger partial charge on any atom is -0.465 e. The largest absolute Gasteiger partial charge is 0.465 e. The van der Waals surface area contributed by atoms with E-state index in [1.807, 2.05) is 6.92 Å². The normalized spacial score (nSPS) is 16.4. The van der Waals surface area contributed by atoms with Crippen LogP contribution in [0.15, 0.2) is 0 Å². The van der Waals surface area contributed by atoms with Gasteiger partial charge in [0.25, 0.3) is 0 Å². The van der Waals surface area contributed by atoms with Crippen LogP contribution in [0, 0.1) is 5.92 Å². The molecule has 0 heterocycles. The standard InChI is InChI=1S/C13H23NO3/c1-4-6-10(3)13(16)14(11-7-8-11)9-12(15)17-5-2/h10-11H,4-9H2,1-3H3. The molecule has 0 aliphatic heterocycles. The third kappa shape index (κ3) is 4.36. The van der Waals surface area contributed by atoms with Crippen molar-refractivity contribution in [2.75, 3.05) is 13.2 Å². The van der Waals surface area contributed by atoms with Crippen molar-refractivity contribution < 1.29 is 14.3 Å². The first-order valence-electron chi connectivity index (χ1n) is 6.56. The summed E-state index contributed by atoms with van der Waals surface area (Å²) in [5.74, 6) is -0.186. The molecule has 4 heteroatoms. The lowest BCUT2D eigenvalue weighted by molar-refractivity contribution is -0.150. The zero-order valence-corrected chi connectivity index (χ0v) is 11.1. The highest BCUT2D eigenvalue weighted by atomic mass is 16.5. The molecular formula is C13H23NO3. The molecular weight excluding hydrogens is 218 g/mol. The van der Waals surface area contributed by atoms with E-state index in [2.05, 4.69) is 6.92 Å². The Kier molecular flexibility index (Phi) is 5.45. The lowest BCUT2D eigenvalue weighted by Gasteiger charge is -2.24. The third-order valence-electron chi connectivity index (χ3n) is 3.02. The Morgan fingerprint density at radius 2 is 2.00 bits per heavy atom. The first kappa shape index (κ1) is 14.0. The van der Waals surface area contributed by atoms with Crippen LogP contribution < -0.4 is 0 Å². The van der Waals surface area contributed by atoms with Gasteiger partial charge in [-0.05, 0) is 26.2 Å². The van der Waals surface area contributed by atoms with Crippen LogP contribution >= 0.6 is 0 Å². The van der Waals surface area contributed by atoms with Gasteiger partial charge in [-0.1, -0.05) is 20.3 Å². The summed E-state index contributed by atoms with van der Waals surface area (Å²) >= 11 is 0.